The van der Waals surface area contributed by atoms with Crippen molar-refractivity contribution in [3.63, 3.8) is 0 Å². The van der Waals surface area contributed by atoms with Gasteiger partial charge in [0.25, 0.3) is 0 Å². The molecular weight excluding hydrogens is 340 g/mol. The second kappa shape index (κ2) is 8.40. The van der Waals surface area contributed by atoms with E-state index < -0.39 is 0 Å². The number of methoxy groups -OCH3 is 2. The lowest BCUT2D eigenvalue weighted by Gasteiger charge is -2.14. The van der Waals surface area contributed by atoms with Crippen LogP contribution in [0.2, 0.25) is 0 Å². The molecule has 3 aromatic rings. The van der Waals surface area contributed by atoms with Gasteiger partial charge in [0.1, 0.15) is 17.3 Å². The molecule has 0 saturated heterocycles. The molecule has 6 nitrogen and oxygen atoms in total. The van der Waals surface area contributed by atoms with Crippen molar-refractivity contribution in [1.29, 1.82) is 0 Å². The number of nitrogens with one attached hydrogen (secondary N) is 2. The molecule has 0 aliphatic heterocycles. The molecule has 1 heterocycles. The summed E-state index contributed by atoms with van der Waals surface area (Å²) < 4.78 is 10.8. The topological polar surface area (TPSA) is 68.3 Å². The highest BCUT2D eigenvalue weighted by Gasteiger charge is 2.08. The number of nitrogens with zero attached hydrogens (tertiary/aromatic N) is 2. The van der Waals surface area contributed by atoms with Crippen LogP contribution in [0.3, 0.4) is 0 Å². The number of para-hydroxylation sites is 1. The number of hydrogen-bond donors (Lipinski definition) is 2. The van der Waals surface area contributed by atoms with Gasteiger partial charge < -0.3 is 20.1 Å². The fourth-order valence-corrected chi connectivity index (χ4v) is 2.79. The van der Waals surface area contributed by atoms with E-state index in [0.29, 0.717) is 18.3 Å². The molecule has 0 aliphatic rings. The summed E-state index contributed by atoms with van der Waals surface area (Å²) in [5.41, 5.74) is 3.91. The third-order valence-electron chi connectivity index (χ3n) is 4.10. The van der Waals surface area contributed by atoms with Crippen LogP contribution >= 0.6 is 0 Å². The van der Waals surface area contributed by atoms with E-state index in [1.54, 1.807) is 14.2 Å². The Hall–Kier alpha value is -3.28. The van der Waals surface area contributed by atoms with Gasteiger partial charge in [-0.1, -0.05) is 24.3 Å². The Kier molecular flexibility index (Phi) is 5.76. The molecule has 0 bridgehead atoms. The largest absolute Gasteiger partial charge is 0.496 e. The van der Waals surface area contributed by atoms with E-state index in [2.05, 4.69) is 20.6 Å². The third kappa shape index (κ3) is 4.67. The van der Waals surface area contributed by atoms with Crippen LogP contribution in [0, 0.1) is 13.8 Å². The van der Waals surface area contributed by atoms with Crippen molar-refractivity contribution in [2.75, 3.05) is 24.9 Å². The molecule has 3 rings (SSSR count). The highest BCUT2D eigenvalue weighted by molar-refractivity contribution is 5.65. The first-order chi connectivity index (χ1) is 13.1. The summed E-state index contributed by atoms with van der Waals surface area (Å²) in [6.07, 6.45) is 0. The van der Waals surface area contributed by atoms with Crippen LogP contribution in [0.25, 0.3) is 0 Å². The predicted octanol–water partition coefficient (Wildman–Crippen LogP) is 4.47. The number of benzene rings is 2. The maximum Gasteiger partial charge on any atom is 0.225 e. The summed E-state index contributed by atoms with van der Waals surface area (Å²) in [4.78, 5) is 9.05. The van der Waals surface area contributed by atoms with Crippen LogP contribution in [0.4, 0.5) is 17.5 Å². The molecule has 27 heavy (non-hydrogen) atoms. The minimum atomic E-state index is 0.551. The first kappa shape index (κ1) is 18.5. The van der Waals surface area contributed by atoms with Crippen molar-refractivity contribution in [2.45, 2.75) is 20.4 Å². The molecule has 0 spiro atoms. The van der Waals surface area contributed by atoms with Gasteiger partial charge in [0.05, 0.1) is 19.9 Å². The van der Waals surface area contributed by atoms with Crippen LogP contribution in [0.5, 0.6) is 11.5 Å². The molecule has 0 amide bonds. The second-order valence-corrected chi connectivity index (χ2v) is 6.21. The Morgan fingerprint density at radius 1 is 0.889 bits per heavy atom. The van der Waals surface area contributed by atoms with Crippen LogP contribution in [-0.2, 0) is 6.54 Å². The van der Waals surface area contributed by atoms with Crippen LogP contribution < -0.4 is 20.1 Å². The molecule has 0 atom stereocenters. The van der Waals surface area contributed by atoms with Gasteiger partial charge in [0, 0.05) is 23.9 Å². The normalized spacial score (nSPS) is 10.4. The molecule has 0 fully saturated rings. The van der Waals surface area contributed by atoms with Crippen molar-refractivity contribution >= 4 is 17.5 Å². The van der Waals surface area contributed by atoms with Crippen molar-refractivity contribution in [3.8, 4) is 11.5 Å². The van der Waals surface area contributed by atoms with Crippen LogP contribution in [-0.4, -0.2) is 24.2 Å². The van der Waals surface area contributed by atoms with E-state index in [1.165, 1.54) is 0 Å². The zero-order chi connectivity index (χ0) is 19.2. The van der Waals surface area contributed by atoms with E-state index in [9.17, 15) is 0 Å². The molecule has 0 unspecified atom stereocenters. The SMILES string of the molecule is COc1ccccc1CNc1nc(C)cc(Nc2cc(C)ccc2OC)n1. The van der Waals surface area contributed by atoms with Gasteiger partial charge in [0.15, 0.2) is 0 Å². The summed E-state index contributed by atoms with van der Waals surface area (Å²) in [6, 6.07) is 15.7. The molecule has 0 radical (unpaired) electrons. The third-order valence-corrected chi connectivity index (χ3v) is 4.10. The van der Waals surface area contributed by atoms with Gasteiger partial charge in [-0.3, -0.25) is 0 Å². The number of anilines is 3. The minimum Gasteiger partial charge on any atom is -0.496 e. The standard InChI is InChI=1S/C21H24N4O2/c1-14-9-10-19(27-4)17(11-14)24-20-12-15(2)23-21(25-20)22-13-16-7-5-6-8-18(16)26-3/h5-12H,13H2,1-4H3,(H2,22,23,24,25). The molecular formula is C21H24N4O2. The van der Waals surface area contributed by atoms with Crippen molar-refractivity contribution < 1.29 is 9.47 Å². The summed E-state index contributed by atoms with van der Waals surface area (Å²) in [6.45, 7) is 4.55. The zero-order valence-electron chi connectivity index (χ0n) is 16.0. The molecule has 6 heteroatoms. The average Bonchev–Trinajstić information content (AvgIpc) is 2.66. The molecule has 0 saturated carbocycles. The van der Waals surface area contributed by atoms with Gasteiger partial charge in [0.2, 0.25) is 5.95 Å². The summed E-state index contributed by atoms with van der Waals surface area (Å²) in [5, 5.41) is 6.59. The predicted molar refractivity (Wildman–Crippen MR) is 108 cm³/mol. The Balaban J connectivity index is 1.79. The Morgan fingerprint density at radius 2 is 1.67 bits per heavy atom. The Labute approximate surface area is 159 Å². The number of rotatable bonds is 7. The van der Waals surface area contributed by atoms with Crippen molar-refractivity contribution in [1.82, 2.24) is 9.97 Å². The van der Waals surface area contributed by atoms with E-state index >= 15 is 0 Å². The van der Waals surface area contributed by atoms with Gasteiger partial charge in [-0.25, -0.2) is 4.98 Å². The van der Waals surface area contributed by atoms with E-state index in [1.807, 2.05) is 62.4 Å². The lowest BCUT2D eigenvalue weighted by atomic mass is 10.2. The first-order valence-electron chi connectivity index (χ1n) is 8.72. The van der Waals surface area contributed by atoms with E-state index in [-0.39, 0.29) is 0 Å². The molecule has 140 valence electrons. The van der Waals surface area contributed by atoms with E-state index in [0.717, 1.165) is 34.0 Å². The minimum absolute atomic E-state index is 0.551. The summed E-state index contributed by atoms with van der Waals surface area (Å²) in [5.74, 6) is 2.85. The van der Waals surface area contributed by atoms with E-state index in [4.69, 9.17) is 9.47 Å². The van der Waals surface area contributed by atoms with Crippen LogP contribution in [0.15, 0.2) is 48.5 Å². The second-order valence-electron chi connectivity index (χ2n) is 6.21. The maximum absolute atomic E-state index is 5.43. The number of aryl methyl sites for hydroxylation is 2. The quantitative estimate of drug-likeness (QED) is 0.645. The lowest BCUT2D eigenvalue weighted by Crippen LogP contribution is -2.07. The monoisotopic (exact) mass is 364 g/mol. The van der Waals surface area contributed by atoms with Gasteiger partial charge in [-0.15, -0.1) is 0 Å². The van der Waals surface area contributed by atoms with Crippen molar-refractivity contribution in [2.24, 2.45) is 0 Å². The molecule has 1 aromatic heterocycles. The smallest absolute Gasteiger partial charge is 0.225 e. The highest BCUT2D eigenvalue weighted by atomic mass is 16.5. The Bertz CT molecular complexity index is 928. The number of aromatic nitrogens is 2. The van der Waals surface area contributed by atoms with Crippen molar-refractivity contribution in [3.05, 3.63) is 65.4 Å². The Morgan fingerprint density at radius 3 is 2.44 bits per heavy atom. The fourth-order valence-electron chi connectivity index (χ4n) is 2.79. The highest BCUT2D eigenvalue weighted by Crippen LogP contribution is 2.28. The number of hydrogen-bond acceptors (Lipinski definition) is 6. The van der Waals surface area contributed by atoms with Crippen LogP contribution in [0.1, 0.15) is 16.8 Å². The summed E-state index contributed by atoms with van der Waals surface area (Å²) >= 11 is 0. The van der Waals surface area contributed by atoms with Gasteiger partial charge in [-0.2, -0.15) is 4.98 Å². The number of ether oxygens (including phenoxy) is 2. The summed E-state index contributed by atoms with van der Waals surface area (Å²) in [7, 11) is 3.32. The van der Waals surface area contributed by atoms with Gasteiger partial charge >= 0.3 is 0 Å². The zero-order valence-corrected chi connectivity index (χ0v) is 16.0. The van der Waals surface area contributed by atoms with Gasteiger partial charge in [-0.05, 0) is 37.6 Å². The lowest BCUT2D eigenvalue weighted by molar-refractivity contribution is 0.410. The molecule has 2 aromatic carbocycles. The molecule has 2 N–H and O–H groups in total. The maximum atomic E-state index is 5.43. The average molecular weight is 364 g/mol. The molecule has 0 aliphatic carbocycles. The fraction of sp³-hybridized carbons (Fsp3) is 0.238. The first-order valence-corrected chi connectivity index (χ1v) is 8.72.